The van der Waals surface area contributed by atoms with Gasteiger partial charge >= 0.3 is 0 Å². The molecule has 2 saturated carbocycles. The lowest BCUT2D eigenvalue weighted by molar-refractivity contribution is -0.101. The molecule has 0 N–H and O–H groups in total. The molecule has 0 aromatic rings. The Morgan fingerprint density at radius 1 is 0.381 bits per heavy atom. The van der Waals surface area contributed by atoms with Gasteiger partial charge in [0.2, 0.25) is 0 Å². The third kappa shape index (κ3) is 2.91. The number of hydrogen-bond acceptors (Lipinski definition) is 2. The summed E-state index contributed by atoms with van der Waals surface area (Å²) in [5.74, 6) is 0. The molecule has 21 heavy (non-hydrogen) atoms. The third-order valence-corrected chi connectivity index (χ3v) is 7.58. The van der Waals surface area contributed by atoms with Gasteiger partial charge in [-0.05, 0) is 62.2 Å². The fraction of sp³-hybridized carbons (Fsp3) is 1.00. The molecule has 0 aromatic carbocycles. The summed E-state index contributed by atoms with van der Waals surface area (Å²) < 4.78 is 0. The van der Waals surface area contributed by atoms with E-state index in [-0.39, 0.29) is 0 Å². The lowest BCUT2D eigenvalue weighted by atomic mass is 9.68. The van der Waals surface area contributed by atoms with Crippen LogP contribution in [0, 0.1) is 10.8 Å². The minimum absolute atomic E-state index is 0.761. The zero-order valence-corrected chi connectivity index (χ0v) is 13.9. The van der Waals surface area contributed by atoms with E-state index in [1.807, 2.05) is 0 Å². The van der Waals surface area contributed by atoms with Gasteiger partial charge in [0.1, 0.15) is 0 Å². The van der Waals surface area contributed by atoms with Crippen molar-refractivity contribution in [1.29, 1.82) is 0 Å². The van der Waals surface area contributed by atoms with Crippen molar-refractivity contribution < 1.29 is 0 Å². The van der Waals surface area contributed by atoms with Gasteiger partial charge in [-0.2, -0.15) is 0 Å². The van der Waals surface area contributed by atoms with Crippen LogP contribution in [0.2, 0.25) is 0 Å². The zero-order chi connectivity index (χ0) is 14.2. The summed E-state index contributed by atoms with van der Waals surface area (Å²) in [6, 6.07) is 0. The van der Waals surface area contributed by atoms with Crippen LogP contribution in [-0.4, -0.2) is 36.2 Å². The molecular weight excluding hydrogens is 256 g/mol. The van der Waals surface area contributed by atoms with Crippen molar-refractivity contribution in [3.05, 3.63) is 0 Å². The molecule has 2 aliphatic carbocycles. The maximum absolute atomic E-state index is 2.74. The molecule has 0 atom stereocenters. The number of rotatable bonds is 1. The molecule has 0 aromatic heterocycles. The van der Waals surface area contributed by atoms with Crippen LogP contribution in [0.5, 0.6) is 0 Å². The lowest BCUT2D eigenvalue weighted by Gasteiger charge is -2.50. The predicted octanol–water partition coefficient (Wildman–Crippen LogP) is 4.60. The maximum Gasteiger partial charge on any atom is 0.0138 e. The van der Waals surface area contributed by atoms with Gasteiger partial charge in [-0.25, -0.2) is 10.0 Å². The molecule has 120 valence electrons. The Balaban J connectivity index is 1.29. The highest BCUT2D eigenvalue weighted by molar-refractivity contribution is 4.91. The van der Waals surface area contributed by atoms with E-state index in [4.69, 9.17) is 0 Å². The first-order chi connectivity index (χ1) is 10.3. The van der Waals surface area contributed by atoms with Crippen LogP contribution in [0.4, 0.5) is 0 Å². The summed E-state index contributed by atoms with van der Waals surface area (Å²) in [7, 11) is 0. The topological polar surface area (TPSA) is 6.48 Å². The summed E-state index contributed by atoms with van der Waals surface area (Å²) in [5, 5.41) is 5.47. The van der Waals surface area contributed by atoms with Gasteiger partial charge in [0.15, 0.2) is 0 Å². The van der Waals surface area contributed by atoms with Crippen molar-refractivity contribution in [2.45, 2.75) is 83.5 Å². The SMILES string of the molecule is C1CCC2(CC1)CCN(N1CCC3(CCCC3)CC1)CC2. The van der Waals surface area contributed by atoms with Crippen molar-refractivity contribution in [2.24, 2.45) is 10.8 Å². The van der Waals surface area contributed by atoms with E-state index >= 15 is 0 Å². The normalized spacial score (nSPS) is 33.7. The molecule has 0 unspecified atom stereocenters. The Morgan fingerprint density at radius 3 is 1.10 bits per heavy atom. The zero-order valence-electron chi connectivity index (χ0n) is 13.9. The van der Waals surface area contributed by atoms with Crippen molar-refractivity contribution in [1.82, 2.24) is 10.0 Å². The molecule has 4 aliphatic rings. The molecule has 2 heteroatoms. The van der Waals surface area contributed by atoms with E-state index in [2.05, 4.69) is 10.0 Å². The van der Waals surface area contributed by atoms with Crippen LogP contribution in [0.1, 0.15) is 83.5 Å². The molecule has 0 radical (unpaired) electrons. The minimum atomic E-state index is 0.761. The van der Waals surface area contributed by atoms with Crippen LogP contribution in [0.15, 0.2) is 0 Å². The number of hydrazine groups is 1. The lowest BCUT2D eigenvalue weighted by Crippen LogP contribution is -2.53. The van der Waals surface area contributed by atoms with E-state index in [0.717, 1.165) is 10.8 Å². The van der Waals surface area contributed by atoms with Gasteiger partial charge in [0, 0.05) is 26.2 Å². The van der Waals surface area contributed by atoms with Gasteiger partial charge < -0.3 is 0 Å². The first-order valence-corrected chi connectivity index (χ1v) is 9.79. The molecule has 2 heterocycles. The summed E-state index contributed by atoms with van der Waals surface area (Å²) in [4.78, 5) is 0. The predicted molar refractivity (Wildman–Crippen MR) is 88.0 cm³/mol. The Bertz CT molecular complexity index is 333. The number of piperidine rings is 2. The van der Waals surface area contributed by atoms with E-state index in [0.29, 0.717) is 0 Å². The van der Waals surface area contributed by atoms with E-state index in [1.54, 1.807) is 0 Å². The van der Waals surface area contributed by atoms with Crippen LogP contribution in [0.3, 0.4) is 0 Å². The smallest absolute Gasteiger partial charge is 0.0138 e. The van der Waals surface area contributed by atoms with Gasteiger partial charge in [-0.3, -0.25) is 0 Å². The summed E-state index contributed by atoms with van der Waals surface area (Å²) in [6.07, 6.45) is 19.6. The maximum atomic E-state index is 2.74. The summed E-state index contributed by atoms with van der Waals surface area (Å²) in [5.41, 5.74) is 1.54. The van der Waals surface area contributed by atoms with E-state index in [9.17, 15) is 0 Å². The molecule has 4 fully saturated rings. The van der Waals surface area contributed by atoms with Crippen molar-refractivity contribution in [3.63, 3.8) is 0 Å². The average molecular weight is 290 g/mol. The van der Waals surface area contributed by atoms with Crippen molar-refractivity contribution >= 4 is 0 Å². The third-order valence-electron chi connectivity index (χ3n) is 7.58. The minimum Gasteiger partial charge on any atom is -0.242 e. The summed E-state index contributed by atoms with van der Waals surface area (Å²) >= 11 is 0. The fourth-order valence-electron chi connectivity index (χ4n) is 5.93. The quantitative estimate of drug-likeness (QED) is 0.696. The first kappa shape index (κ1) is 14.5. The Kier molecular flexibility index (Phi) is 4.04. The Morgan fingerprint density at radius 2 is 0.714 bits per heavy atom. The first-order valence-electron chi connectivity index (χ1n) is 9.79. The molecule has 2 spiro atoms. The van der Waals surface area contributed by atoms with Crippen LogP contribution in [-0.2, 0) is 0 Å². The second-order valence-electron chi connectivity index (χ2n) is 8.68. The molecule has 2 saturated heterocycles. The van der Waals surface area contributed by atoms with Gasteiger partial charge in [-0.15, -0.1) is 0 Å². The fourth-order valence-corrected chi connectivity index (χ4v) is 5.93. The molecule has 2 nitrogen and oxygen atoms in total. The monoisotopic (exact) mass is 290 g/mol. The van der Waals surface area contributed by atoms with Crippen molar-refractivity contribution in [2.75, 3.05) is 26.2 Å². The Hall–Kier alpha value is -0.0800. The average Bonchev–Trinajstić information content (AvgIpc) is 2.98. The van der Waals surface area contributed by atoms with Crippen LogP contribution < -0.4 is 0 Å². The van der Waals surface area contributed by atoms with Gasteiger partial charge in [-0.1, -0.05) is 32.1 Å². The molecular formula is C19H34N2. The van der Waals surface area contributed by atoms with Crippen molar-refractivity contribution in [3.8, 4) is 0 Å². The highest BCUT2D eigenvalue weighted by Gasteiger charge is 2.40. The highest BCUT2D eigenvalue weighted by atomic mass is 15.6. The standard InChI is InChI=1S/C19H34N2/c1-2-6-18(7-3-1)10-14-20(15-11-18)21-16-12-19(13-17-21)8-4-5-9-19/h1-17H2. The molecule has 0 bridgehead atoms. The molecule has 2 aliphatic heterocycles. The van der Waals surface area contributed by atoms with Crippen LogP contribution in [0.25, 0.3) is 0 Å². The molecule has 4 rings (SSSR count). The highest BCUT2D eigenvalue weighted by Crippen LogP contribution is 2.48. The van der Waals surface area contributed by atoms with E-state index < -0.39 is 0 Å². The largest absolute Gasteiger partial charge is 0.242 e. The second-order valence-corrected chi connectivity index (χ2v) is 8.68. The molecule has 0 amide bonds. The van der Waals surface area contributed by atoms with E-state index in [1.165, 1.54) is 110 Å². The number of nitrogens with zero attached hydrogens (tertiary/aromatic N) is 2. The second kappa shape index (κ2) is 5.85. The Labute approximate surface area is 131 Å². The summed E-state index contributed by atoms with van der Waals surface area (Å²) in [6.45, 7) is 5.42. The number of hydrogen-bond donors (Lipinski definition) is 0. The van der Waals surface area contributed by atoms with Crippen LogP contribution >= 0.6 is 0 Å². The van der Waals surface area contributed by atoms with Gasteiger partial charge in [0.05, 0.1) is 0 Å². The van der Waals surface area contributed by atoms with Gasteiger partial charge in [0.25, 0.3) is 0 Å².